The molecule has 1 fully saturated rings. The summed E-state index contributed by atoms with van der Waals surface area (Å²) in [5.41, 5.74) is 13.9. The van der Waals surface area contributed by atoms with Gasteiger partial charge in [-0.1, -0.05) is 24.3 Å². The Morgan fingerprint density at radius 2 is 2.03 bits per heavy atom. The third-order valence-electron chi connectivity index (χ3n) is 5.53. The Bertz CT molecular complexity index is 1190. The highest BCUT2D eigenvalue weighted by molar-refractivity contribution is 6.03. The van der Waals surface area contributed by atoms with Gasteiger partial charge in [-0.2, -0.15) is 5.10 Å². The molecule has 0 saturated carbocycles. The lowest BCUT2D eigenvalue weighted by molar-refractivity contribution is 0.0946. The lowest BCUT2D eigenvalue weighted by Gasteiger charge is -2.10. The average Bonchev–Trinajstić information content (AvgIpc) is 3.45. The number of nitrogens with one attached hydrogen (secondary N) is 1. The first-order valence-corrected chi connectivity index (χ1v) is 10.4. The highest BCUT2D eigenvalue weighted by atomic mass is 19.1. The van der Waals surface area contributed by atoms with Gasteiger partial charge in [-0.05, 0) is 30.2 Å². The second kappa shape index (κ2) is 9.29. The molecule has 9 nitrogen and oxygen atoms in total. The van der Waals surface area contributed by atoms with Crippen LogP contribution < -0.4 is 21.5 Å². The third kappa shape index (κ3) is 4.51. The number of methoxy groups -OCH3 is 1. The van der Waals surface area contributed by atoms with Crippen molar-refractivity contribution in [3.63, 3.8) is 0 Å². The summed E-state index contributed by atoms with van der Waals surface area (Å²) in [5, 5.41) is 7.29. The topological polar surface area (TPSA) is 134 Å². The van der Waals surface area contributed by atoms with Gasteiger partial charge in [0.25, 0.3) is 11.8 Å². The first kappa shape index (κ1) is 22.3. The zero-order valence-corrected chi connectivity index (χ0v) is 18.0. The van der Waals surface area contributed by atoms with Crippen LogP contribution in [0.1, 0.15) is 38.7 Å². The van der Waals surface area contributed by atoms with Crippen molar-refractivity contribution in [2.45, 2.75) is 19.0 Å². The molecular weight excluding hydrogens is 429 g/mol. The maximum Gasteiger partial charge on any atom is 0.255 e. The van der Waals surface area contributed by atoms with Gasteiger partial charge >= 0.3 is 0 Å². The molecule has 2 aromatic carbocycles. The van der Waals surface area contributed by atoms with Crippen LogP contribution >= 0.6 is 0 Å². The number of nitrogen functional groups attached to an aromatic ring is 1. The molecule has 0 spiro atoms. The lowest BCUT2D eigenvalue weighted by atomic mass is 10.0. The molecule has 5 N–H and O–H groups in total. The number of nitrogens with two attached hydrogens (primary N) is 2. The minimum Gasteiger partial charge on any atom is -0.496 e. The molecule has 0 radical (unpaired) electrons. The van der Waals surface area contributed by atoms with E-state index in [2.05, 4.69) is 10.4 Å². The van der Waals surface area contributed by atoms with Crippen molar-refractivity contribution in [1.82, 2.24) is 15.1 Å². The molecule has 0 aliphatic carbocycles. The van der Waals surface area contributed by atoms with Crippen LogP contribution in [0.5, 0.6) is 5.75 Å². The van der Waals surface area contributed by atoms with Crippen molar-refractivity contribution in [3.8, 4) is 17.0 Å². The molecule has 1 aliphatic heterocycles. The van der Waals surface area contributed by atoms with Crippen LogP contribution in [0.3, 0.4) is 0 Å². The van der Waals surface area contributed by atoms with E-state index in [1.165, 1.54) is 19.2 Å². The molecule has 4 rings (SSSR count). The Morgan fingerprint density at radius 1 is 1.27 bits per heavy atom. The monoisotopic (exact) mass is 453 g/mol. The van der Waals surface area contributed by atoms with E-state index in [1.54, 1.807) is 28.9 Å². The number of nitrogens with zero attached hydrogens (tertiary/aromatic N) is 2. The second-order valence-electron chi connectivity index (χ2n) is 7.66. The number of hydrogen-bond acceptors (Lipinski definition) is 6. The largest absolute Gasteiger partial charge is 0.496 e. The molecule has 1 aliphatic rings. The van der Waals surface area contributed by atoms with E-state index in [-0.39, 0.29) is 35.3 Å². The SMILES string of the molecule is COc1ccc(F)cc1C(=O)NCc1ccc(-c2nn(C3CCOC3)c(N)c2C(N)=O)cc1. The van der Waals surface area contributed by atoms with Crippen molar-refractivity contribution < 1.29 is 23.5 Å². The van der Waals surface area contributed by atoms with E-state index in [4.69, 9.17) is 20.9 Å². The number of benzene rings is 2. The van der Waals surface area contributed by atoms with Crippen molar-refractivity contribution >= 4 is 17.6 Å². The summed E-state index contributed by atoms with van der Waals surface area (Å²) in [5.74, 6) is -1.15. The molecule has 1 atom stereocenters. The number of anilines is 1. The van der Waals surface area contributed by atoms with Gasteiger partial charge in [-0.3, -0.25) is 9.59 Å². The first-order chi connectivity index (χ1) is 15.9. The summed E-state index contributed by atoms with van der Waals surface area (Å²) in [4.78, 5) is 24.6. The number of aromatic nitrogens is 2. The van der Waals surface area contributed by atoms with Crippen molar-refractivity contribution in [1.29, 1.82) is 0 Å². The minimum atomic E-state index is -0.659. The third-order valence-corrected chi connectivity index (χ3v) is 5.53. The van der Waals surface area contributed by atoms with Crippen molar-refractivity contribution in [2.24, 2.45) is 5.73 Å². The molecule has 1 aromatic heterocycles. The number of ether oxygens (including phenoxy) is 2. The standard InChI is InChI=1S/C23H24FN5O4/c1-32-18-7-6-15(24)10-17(18)23(31)27-11-13-2-4-14(5-3-13)20-19(22(26)30)21(25)29(28-20)16-8-9-33-12-16/h2-7,10,16H,8-9,11-12,25H2,1H3,(H2,26,30)(H,27,31). The number of hydrogen-bond donors (Lipinski definition) is 3. The van der Waals surface area contributed by atoms with E-state index < -0.39 is 17.6 Å². The number of rotatable bonds is 7. The van der Waals surface area contributed by atoms with E-state index in [1.807, 2.05) is 0 Å². The van der Waals surface area contributed by atoms with E-state index in [9.17, 15) is 14.0 Å². The molecule has 172 valence electrons. The maximum atomic E-state index is 13.5. The smallest absolute Gasteiger partial charge is 0.255 e. The van der Waals surface area contributed by atoms with Gasteiger partial charge in [-0.15, -0.1) is 0 Å². The predicted molar refractivity (Wildman–Crippen MR) is 119 cm³/mol. The molecule has 1 saturated heterocycles. The fourth-order valence-electron chi connectivity index (χ4n) is 3.80. The number of amides is 2. The molecule has 1 unspecified atom stereocenters. The second-order valence-corrected chi connectivity index (χ2v) is 7.66. The number of carbonyl (C=O) groups excluding carboxylic acids is 2. The van der Waals surface area contributed by atoms with Crippen LogP contribution in [0.2, 0.25) is 0 Å². The summed E-state index contributed by atoms with van der Waals surface area (Å²) < 4.78 is 25.7. The van der Waals surface area contributed by atoms with E-state index in [0.29, 0.717) is 24.5 Å². The normalized spacial score (nSPS) is 15.4. The quantitative estimate of drug-likeness (QED) is 0.502. The molecule has 10 heteroatoms. The Labute approximate surface area is 189 Å². The molecule has 2 amide bonds. The van der Waals surface area contributed by atoms with Crippen LogP contribution in [-0.2, 0) is 11.3 Å². The molecule has 33 heavy (non-hydrogen) atoms. The van der Waals surface area contributed by atoms with Gasteiger partial charge in [-0.25, -0.2) is 9.07 Å². The maximum absolute atomic E-state index is 13.5. The Kier molecular flexibility index (Phi) is 6.27. The Morgan fingerprint density at radius 3 is 2.67 bits per heavy atom. The summed E-state index contributed by atoms with van der Waals surface area (Å²) in [6.07, 6.45) is 0.748. The number of carbonyl (C=O) groups is 2. The van der Waals surface area contributed by atoms with E-state index in [0.717, 1.165) is 18.1 Å². The average molecular weight is 453 g/mol. The zero-order chi connectivity index (χ0) is 23.5. The Balaban J connectivity index is 1.52. The highest BCUT2D eigenvalue weighted by Crippen LogP contribution is 2.31. The van der Waals surface area contributed by atoms with Crippen LogP contribution in [0.15, 0.2) is 42.5 Å². The Hall–Kier alpha value is -3.92. The zero-order valence-electron chi connectivity index (χ0n) is 18.0. The molecule has 2 heterocycles. The van der Waals surface area contributed by atoms with Gasteiger partial charge in [0.2, 0.25) is 0 Å². The van der Waals surface area contributed by atoms with Crippen LogP contribution in [0.25, 0.3) is 11.3 Å². The summed E-state index contributed by atoms with van der Waals surface area (Å²) in [6.45, 7) is 1.28. The summed E-state index contributed by atoms with van der Waals surface area (Å²) >= 11 is 0. The highest BCUT2D eigenvalue weighted by Gasteiger charge is 2.27. The fourth-order valence-corrected chi connectivity index (χ4v) is 3.80. The van der Waals surface area contributed by atoms with Gasteiger partial charge in [0.1, 0.15) is 28.6 Å². The lowest BCUT2D eigenvalue weighted by Crippen LogP contribution is -2.23. The fraction of sp³-hybridized carbons (Fsp3) is 0.261. The van der Waals surface area contributed by atoms with Crippen LogP contribution in [0, 0.1) is 5.82 Å². The van der Waals surface area contributed by atoms with Gasteiger partial charge in [0.15, 0.2) is 0 Å². The molecular formula is C23H24FN5O4. The predicted octanol–water partition coefficient (Wildman–Crippen LogP) is 2.27. The first-order valence-electron chi connectivity index (χ1n) is 10.4. The van der Waals surface area contributed by atoms with Gasteiger partial charge in [0, 0.05) is 18.7 Å². The summed E-state index contributed by atoms with van der Waals surface area (Å²) in [7, 11) is 1.41. The van der Waals surface area contributed by atoms with Crippen LogP contribution in [-0.4, -0.2) is 41.9 Å². The van der Waals surface area contributed by atoms with Crippen LogP contribution in [0.4, 0.5) is 10.2 Å². The summed E-state index contributed by atoms with van der Waals surface area (Å²) in [6, 6.07) is 10.8. The van der Waals surface area contributed by atoms with Crippen molar-refractivity contribution in [3.05, 3.63) is 65.0 Å². The molecule has 0 bridgehead atoms. The van der Waals surface area contributed by atoms with Crippen molar-refractivity contribution in [2.75, 3.05) is 26.1 Å². The molecule has 3 aromatic rings. The van der Waals surface area contributed by atoms with Gasteiger partial charge in [0.05, 0.1) is 25.3 Å². The van der Waals surface area contributed by atoms with Gasteiger partial charge < -0.3 is 26.3 Å². The van der Waals surface area contributed by atoms with E-state index >= 15 is 0 Å². The number of primary amides is 1. The number of halogens is 1. The minimum absolute atomic E-state index is 0.0499.